The molecule has 24 heavy (non-hydrogen) atoms. The third kappa shape index (κ3) is 4.42. The Hall–Kier alpha value is -3.16. The van der Waals surface area contributed by atoms with E-state index >= 15 is 0 Å². The van der Waals surface area contributed by atoms with E-state index in [-0.39, 0.29) is 18.0 Å². The van der Waals surface area contributed by atoms with Crippen LogP contribution in [-0.4, -0.2) is 24.6 Å². The molecule has 0 aliphatic carbocycles. The lowest BCUT2D eigenvalue weighted by atomic mass is 10.2. The quantitative estimate of drug-likeness (QED) is 0.439. The summed E-state index contributed by atoms with van der Waals surface area (Å²) in [6.07, 6.45) is 0. The molecule has 2 aromatic carbocycles. The van der Waals surface area contributed by atoms with Crippen LogP contribution in [0, 0.1) is 15.9 Å². The molecule has 0 aliphatic heterocycles. The Morgan fingerprint density at radius 3 is 2.67 bits per heavy atom. The summed E-state index contributed by atoms with van der Waals surface area (Å²) in [5.74, 6) is -0.899. The SMILES string of the molecule is COc1ccc(F)cc1COC(=O)COc1ccccc1[N+](=O)[O-]. The van der Waals surface area contributed by atoms with Crippen LogP contribution in [-0.2, 0) is 16.1 Å². The molecule has 0 radical (unpaired) electrons. The Balaban J connectivity index is 1.93. The number of hydrogen-bond donors (Lipinski definition) is 0. The normalized spacial score (nSPS) is 10.1. The van der Waals surface area contributed by atoms with Gasteiger partial charge in [-0.25, -0.2) is 9.18 Å². The molecule has 0 amide bonds. The van der Waals surface area contributed by atoms with E-state index in [0.29, 0.717) is 11.3 Å². The molecule has 0 atom stereocenters. The summed E-state index contributed by atoms with van der Waals surface area (Å²) in [7, 11) is 1.41. The Kier molecular flexibility index (Phi) is 5.67. The van der Waals surface area contributed by atoms with Gasteiger partial charge in [0, 0.05) is 11.6 Å². The van der Waals surface area contributed by atoms with Crippen molar-refractivity contribution in [1.82, 2.24) is 0 Å². The number of carbonyl (C=O) groups is 1. The molecule has 0 N–H and O–H groups in total. The van der Waals surface area contributed by atoms with Gasteiger partial charge in [0.1, 0.15) is 18.2 Å². The van der Waals surface area contributed by atoms with Gasteiger partial charge in [-0.1, -0.05) is 12.1 Å². The van der Waals surface area contributed by atoms with Gasteiger partial charge in [0.05, 0.1) is 12.0 Å². The van der Waals surface area contributed by atoms with Crippen LogP contribution >= 0.6 is 0 Å². The molecule has 126 valence electrons. The van der Waals surface area contributed by atoms with Gasteiger partial charge in [0.2, 0.25) is 0 Å². The van der Waals surface area contributed by atoms with E-state index in [1.54, 1.807) is 6.07 Å². The highest BCUT2D eigenvalue weighted by Gasteiger charge is 2.16. The lowest BCUT2D eigenvalue weighted by molar-refractivity contribution is -0.385. The maximum absolute atomic E-state index is 13.2. The van der Waals surface area contributed by atoms with Crippen molar-refractivity contribution in [2.75, 3.05) is 13.7 Å². The zero-order valence-corrected chi connectivity index (χ0v) is 12.7. The van der Waals surface area contributed by atoms with E-state index < -0.39 is 23.3 Å². The third-order valence-corrected chi connectivity index (χ3v) is 3.04. The fourth-order valence-corrected chi connectivity index (χ4v) is 1.93. The fourth-order valence-electron chi connectivity index (χ4n) is 1.93. The minimum Gasteiger partial charge on any atom is -0.496 e. The van der Waals surface area contributed by atoms with Crippen LogP contribution in [0.1, 0.15) is 5.56 Å². The maximum Gasteiger partial charge on any atom is 0.344 e. The standard InChI is InChI=1S/C16H14FNO6/c1-22-14-7-6-12(17)8-11(14)9-24-16(19)10-23-15-5-3-2-4-13(15)18(20)21/h2-8H,9-10H2,1H3. The molecule has 2 aromatic rings. The van der Waals surface area contributed by atoms with Crippen LogP contribution in [0.2, 0.25) is 0 Å². The number of halogens is 1. The van der Waals surface area contributed by atoms with Gasteiger partial charge in [0.25, 0.3) is 0 Å². The topological polar surface area (TPSA) is 87.9 Å². The van der Waals surface area contributed by atoms with Crippen molar-refractivity contribution in [2.24, 2.45) is 0 Å². The van der Waals surface area contributed by atoms with E-state index in [0.717, 1.165) is 0 Å². The molecule has 8 heteroatoms. The Labute approximate surface area is 136 Å². The third-order valence-electron chi connectivity index (χ3n) is 3.04. The van der Waals surface area contributed by atoms with Crippen LogP contribution in [0.5, 0.6) is 11.5 Å². The molecule has 0 aromatic heterocycles. The molecule has 0 fully saturated rings. The minimum absolute atomic E-state index is 0.0391. The van der Waals surface area contributed by atoms with E-state index in [1.807, 2.05) is 0 Å². The van der Waals surface area contributed by atoms with Crippen molar-refractivity contribution in [1.29, 1.82) is 0 Å². The van der Waals surface area contributed by atoms with E-state index in [1.165, 1.54) is 43.5 Å². The summed E-state index contributed by atoms with van der Waals surface area (Å²) >= 11 is 0. The second-order valence-electron chi connectivity index (χ2n) is 4.63. The predicted octanol–water partition coefficient (Wildman–Crippen LogP) is 2.86. The van der Waals surface area contributed by atoms with Crippen LogP contribution in [0.15, 0.2) is 42.5 Å². The summed E-state index contributed by atoms with van der Waals surface area (Å²) in [5.41, 5.74) is 0.105. The van der Waals surface area contributed by atoms with Crippen molar-refractivity contribution in [2.45, 2.75) is 6.61 Å². The lowest BCUT2D eigenvalue weighted by Gasteiger charge is -2.10. The first-order valence-corrected chi connectivity index (χ1v) is 6.85. The number of hydrogen-bond acceptors (Lipinski definition) is 6. The molecule has 0 saturated heterocycles. The predicted molar refractivity (Wildman–Crippen MR) is 81.3 cm³/mol. The lowest BCUT2D eigenvalue weighted by Crippen LogP contribution is -2.15. The molecule has 0 unspecified atom stereocenters. The number of benzene rings is 2. The van der Waals surface area contributed by atoms with Gasteiger partial charge in [-0.15, -0.1) is 0 Å². The van der Waals surface area contributed by atoms with E-state index in [2.05, 4.69) is 0 Å². The Bertz CT molecular complexity index is 749. The van der Waals surface area contributed by atoms with Gasteiger partial charge in [-0.2, -0.15) is 0 Å². The molecular weight excluding hydrogens is 321 g/mol. The van der Waals surface area contributed by atoms with Gasteiger partial charge in [0.15, 0.2) is 12.4 Å². The van der Waals surface area contributed by atoms with Crippen molar-refractivity contribution < 1.29 is 28.3 Å². The largest absolute Gasteiger partial charge is 0.496 e. The zero-order valence-electron chi connectivity index (χ0n) is 12.7. The van der Waals surface area contributed by atoms with Gasteiger partial charge >= 0.3 is 11.7 Å². The number of nitro groups is 1. The average Bonchev–Trinajstić information content (AvgIpc) is 2.58. The number of nitrogens with zero attached hydrogens (tertiary/aromatic N) is 1. The summed E-state index contributed by atoms with van der Waals surface area (Å²) < 4.78 is 28.3. The van der Waals surface area contributed by atoms with Crippen LogP contribution in [0.4, 0.5) is 10.1 Å². The summed E-state index contributed by atoms with van der Waals surface area (Å²) in [6.45, 7) is -0.720. The smallest absolute Gasteiger partial charge is 0.344 e. The number of para-hydroxylation sites is 2. The molecule has 0 aliphatic rings. The summed E-state index contributed by atoms with van der Waals surface area (Å²) in [4.78, 5) is 21.9. The van der Waals surface area contributed by atoms with Crippen molar-refractivity contribution in [3.8, 4) is 11.5 Å². The number of ether oxygens (including phenoxy) is 3. The van der Waals surface area contributed by atoms with Crippen molar-refractivity contribution >= 4 is 11.7 Å². The minimum atomic E-state index is -0.750. The highest BCUT2D eigenvalue weighted by molar-refractivity contribution is 5.71. The molecule has 2 rings (SSSR count). The fraction of sp³-hybridized carbons (Fsp3) is 0.188. The first kappa shape index (κ1) is 17.2. The van der Waals surface area contributed by atoms with Crippen molar-refractivity contribution in [3.63, 3.8) is 0 Å². The van der Waals surface area contributed by atoms with Crippen molar-refractivity contribution in [3.05, 3.63) is 64.0 Å². The number of rotatable bonds is 7. The number of methoxy groups -OCH3 is 1. The summed E-state index contributed by atoms with van der Waals surface area (Å²) in [5, 5.41) is 10.8. The highest BCUT2D eigenvalue weighted by atomic mass is 19.1. The molecule has 0 bridgehead atoms. The second-order valence-corrected chi connectivity index (χ2v) is 4.63. The first-order chi connectivity index (χ1) is 11.5. The zero-order chi connectivity index (χ0) is 17.5. The van der Waals surface area contributed by atoms with E-state index in [4.69, 9.17) is 14.2 Å². The van der Waals surface area contributed by atoms with Crippen LogP contribution < -0.4 is 9.47 Å². The first-order valence-electron chi connectivity index (χ1n) is 6.85. The monoisotopic (exact) mass is 335 g/mol. The average molecular weight is 335 g/mol. The highest BCUT2D eigenvalue weighted by Crippen LogP contribution is 2.25. The molecule has 0 spiro atoms. The Morgan fingerprint density at radius 1 is 1.21 bits per heavy atom. The number of carbonyl (C=O) groups excluding carboxylic acids is 1. The Morgan fingerprint density at radius 2 is 1.96 bits per heavy atom. The van der Waals surface area contributed by atoms with Crippen LogP contribution in [0.3, 0.4) is 0 Å². The van der Waals surface area contributed by atoms with E-state index in [9.17, 15) is 19.3 Å². The number of esters is 1. The van der Waals surface area contributed by atoms with Gasteiger partial charge in [-0.05, 0) is 24.3 Å². The molecular formula is C16H14FNO6. The maximum atomic E-state index is 13.2. The van der Waals surface area contributed by atoms with Gasteiger partial charge < -0.3 is 14.2 Å². The molecule has 0 saturated carbocycles. The van der Waals surface area contributed by atoms with Crippen LogP contribution in [0.25, 0.3) is 0 Å². The molecule has 7 nitrogen and oxygen atoms in total. The molecule has 0 heterocycles. The second kappa shape index (κ2) is 7.91. The van der Waals surface area contributed by atoms with Gasteiger partial charge in [-0.3, -0.25) is 10.1 Å². The summed E-state index contributed by atoms with van der Waals surface area (Å²) in [6, 6.07) is 9.50. The number of nitro benzene ring substituents is 1.